The Hall–Kier alpha value is -0.930. The zero-order valence-electron chi connectivity index (χ0n) is 9.73. The molecule has 1 aliphatic rings. The number of aromatic nitrogens is 1. The zero-order valence-corrected chi connectivity index (χ0v) is 9.73. The Kier molecular flexibility index (Phi) is 4.31. The van der Waals surface area contributed by atoms with Crippen LogP contribution < -0.4 is 11.1 Å². The summed E-state index contributed by atoms with van der Waals surface area (Å²) in [5.74, 6) is 0.349. The first-order valence-corrected chi connectivity index (χ1v) is 6.24. The number of hydrogen-bond acceptors (Lipinski definition) is 3. The Morgan fingerprint density at radius 2 is 2.19 bits per heavy atom. The monoisotopic (exact) mass is 219 g/mol. The molecule has 2 rings (SSSR count). The summed E-state index contributed by atoms with van der Waals surface area (Å²) < 4.78 is 0. The molecule has 0 saturated heterocycles. The second kappa shape index (κ2) is 5.97. The molecule has 16 heavy (non-hydrogen) atoms. The molecule has 1 unspecified atom stereocenters. The van der Waals surface area contributed by atoms with Crippen LogP contribution >= 0.6 is 0 Å². The Balaban J connectivity index is 1.85. The predicted octanol–water partition coefficient (Wildman–Crippen LogP) is 1.66. The van der Waals surface area contributed by atoms with Gasteiger partial charge in [-0.3, -0.25) is 4.98 Å². The molecule has 3 N–H and O–H groups in total. The topological polar surface area (TPSA) is 50.9 Å². The quantitative estimate of drug-likeness (QED) is 0.792. The molecule has 1 heterocycles. The van der Waals surface area contributed by atoms with E-state index in [1.807, 2.05) is 18.3 Å². The van der Waals surface area contributed by atoms with Crippen molar-refractivity contribution in [1.82, 2.24) is 10.3 Å². The fourth-order valence-corrected chi connectivity index (χ4v) is 2.36. The van der Waals surface area contributed by atoms with E-state index in [2.05, 4.69) is 16.4 Å². The second-order valence-electron chi connectivity index (χ2n) is 4.58. The van der Waals surface area contributed by atoms with Gasteiger partial charge in [0.25, 0.3) is 0 Å². The van der Waals surface area contributed by atoms with Crippen molar-refractivity contribution in [3.8, 4) is 0 Å². The lowest BCUT2D eigenvalue weighted by Gasteiger charge is -2.18. The highest BCUT2D eigenvalue weighted by molar-refractivity contribution is 5.10. The van der Waals surface area contributed by atoms with Crippen LogP contribution in [0.1, 0.15) is 37.3 Å². The molecule has 0 aromatic carbocycles. The third-order valence-electron chi connectivity index (χ3n) is 3.40. The van der Waals surface area contributed by atoms with Crippen molar-refractivity contribution < 1.29 is 0 Å². The maximum Gasteiger partial charge on any atom is 0.0459 e. The summed E-state index contributed by atoms with van der Waals surface area (Å²) >= 11 is 0. The molecule has 1 aliphatic carbocycles. The van der Waals surface area contributed by atoms with Crippen LogP contribution in [0.4, 0.5) is 0 Å². The molecule has 0 amide bonds. The first-order chi connectivity index (χ1) is 7.90. The molecule has 0 aliphatic heterocycles. The lowest BCUT2D eigenvalue weighted by Crippen LogP contribution is -2.33. The molecule has 88 valence electrons. The number of rotatable bonds is 5. The summed E-state index contributed by atoms with van der Waals surface area (Å²) in [6, 6.07) is 6.74. The van der Waals surface area contributed by atoms with E-state index in [-0.39, 0.29) is 0 Å². The Morgan fingerprint density at radius 1 is 1.38 bits per heavy atom. The van der Waals surface area contributed by atoms with Gasteiger partial charge in [-0.05, 0) is 25.0 Å². The van der Waals surface area contributed by atoms with Crippen molar-refractivity contribution in [2.45, 2.75) is 37.6 Å². The van der Waals surface area contributed by atoms with Crippen LogP contribution in [0.2, 0.25) is 0 Å². The highest BCUT2D eigenvalue weighted by Gasteiger charge is 2.17. The van der Waals surface area contributed by atoms with Crippen molar-refractivity contribution in [3.05, 3.63) is 30.1 Å². The van der Waals surface area contributed by atoms with Crippen LogP contribution in [0.5, 0.6) is 0 Å². The molecule has 3 nitrogen and oxygen atoms in total. The van der Waals surface area contributed by atoms with E-state index in [4.69, 9.17) is 5.73 Å². The zero-order chi connectivity index (χ0) is 11.2. The summed E-state index contributed by atoms with van der Waals surface area (Å²) in [7, 11) is 0. The fraction of sp³-hybridized carbons (Fsp3) is 0.615. The Morgan fingerprint density at radius 3 is 2.81 bits per heavy atom. The van der Waals surface area contributed by atoms with Crippen LogP contribution in [0.3, 0.4) is 0 Å². The lowest BCUT2D eigenvalue weighted by molar-refractivity contribution is 0.486. The number of nitrogens with one attached hydrogen (secondary N) is 1. The van der Waals surface area contributed by atoms with Crippen molar-refractivity contribution in [1.29, 1.82) is 0 Å². The van der Waals surface area contributed by atoms with E-state index >= 15 is 0 Å². The van der Waals surface area contributed by atoms with Crippen molar-refractivity contribution in [2.75, 3.05) is 13.1 Å². The van der Waals surface area contributed by atoms with Gasteiger partial charge in [-0.15, -0.1) is 0 Å². The van der Waals surface area contributed by atoms with Crippen LogP contribution in [0.25, 0.3) is 0 Å². The standard InChI is InChI=1S/C13H21N3/c14-9-11(13-7-3-4-8-15-13)10-16-12-5-1-2-6-12/h3-4,7-8,11-12,16H,1-2,5-6,9-10,14H2. The lowest BCUT2D eigenvalue weighted by atomic mass is 10.0. The molecular formula is C13H21N3. The van der Waals surface area contributed by atoms with E-state index in [1.54, 1.807) is 0 Å². The molecule has 3 heteroatoms. The summed E-state index contributed by atoms with van der Waals surface area (Å²) in [6.45, 7) is 1.62. The minimum Gasteiger partial charge on any atom is -0.330 e. The summed E-state index contributed by atoms with van der Waals surface area (Å²) in [5.41, 5.74) is 6.92. The fourth-order valence-electron chi connectivity index (χ4n) is 2.36. The van der Waals surface area contributed by atoms with E-state index in [0.717, 1.165) is 12.2 Å². The Bertz CT molecular complexity index is 293. The third kappa shape index (κ3) is 3.03. The largest absolute Gasteiger partial charge is 0.330 e. The van der Waals surface area contributed by atoms with E-state index in [1.165, 1.54) is 25.7 Å². The van der Waals surface area contributed by atoms with Crippen LogP contribution in [-0.2, 0) is 0 Å². The third-order valence-corrected chi connectivity index (χ3v) is 3.40. The second-order valence-corrected chi connectivity index (χ2v) is 4.58. The first kappa shape index (κ1) is 11.6. The van der Waals surface area contributed by atoms with Gasteiger partial charge in [-0.2, -0.15) is 0 Å². The Labute approximate surface area is 97.5 Å². The minimum atomic E-state index is 0.349. The van der Waals surface area contributed by atoms with E-state index in [9.17, 15) is 0 Å². The van der Waals surface area contributed by atoms with Crippen molar-refractivity contribution in [3.63, 3.8) is 0 Å². The van der Waals surface area contributed by atoms with Gasteiger partial charge in [0.1, 0.15) is 0 Å². The number of pyridine rings is 1. The maximum atomic E-state index is 5.81. The number of hydrogen-bond donors (Lipinski definition) is 2. The van der Waals surface area contributed by atoms with Gasteiger partial charge in [0.05, 0.1) is 0 Å². The van der Waals surface area contributed by atoms with Crippen molar-refractivity contribution >= 4 is 0 Å². The molecule has 0 spiro atoms. The van der Waals surface area contributed by atoms with Gasteiger partial charge in [-0.25, -0.2) is 0 Å². The molecule has 0 radical (unpaired) electrons. The van der Waals surface area contributed by atoms with Gasteiger partial charge in [0, 0.05) is 36.9 Å². The molecule has 1 fully saturated rings. The van der Waals surface area contributed by atoms with Crippen LogP contribution in [0, 0.1) is 0 Å². The smallest absolute Gasteiger partial charge is 0.0459 e. The predicted molar refractivity (Wildman–Crippen MR) is 66.3 cm³/mol. The average Bonchev–Trinajstić information content (AvgIpc) is 2.84. The highest BCUT2D eigenvalue weighted by Crippen LogP contribution is 2.18. The molecule has 0 bridgehead atoms. The van der Waals surface area contributed by atoms with Gasteiger partial charge >= 0.3 is 0 Å². The van der Waals surface area contributed by atoms with Gasteiger partial charge < -0.3 is 11.1 Å². The van der Waals surface area contributed by atoms with Gasteiger partial charge in [0.2, 0.25) is 0 Å². The maximum absolute atomic E-state index is 5.81. The number of nitrogens with two attached hydrogens (primary N) is 1. The summed E-state index contributed by atoms with van der Waals surface area (Å²) in [4.78, 5) is 4.38. The summed E-state index contributed by atoms with van der Waals surface area (Å²) in [6.07, 6.45) is 7.22. The normalized spacial score (nSPS) is 18.8. The molecule has 1 atom stereocenters. The molecule has 1 saturated carbocycles. The SMILES string of the molecule is NCC(CNC1CCCC1)c1ccccn1. The van der Waals surface area contributed by atoms with Gasteiger partial charge in [0.15, 0.2) is 0 Å². The summed E-state index contributed by atoms with van der Waals surface area (Å²) in [5, 5.41) is 3.61. The van der Waals surface area contributed by atoms with E-state index < -0.39 is 0 Å². The van der Waals surface area contributed by atoms with Crippen LogP contribution in [-0.4, -0.2) is 24.1 Å². The average molecular weight is 219 g/mol. The number of nitrogens with zero attached hydrogens (tertiary/aromatic N) is 1. The van der Waals surface area contributed by atoms with Crippen LogP contribution in [0.15, 0.2) is 24.4 Å². The first-order valence-electron chi connectivity index (χ1n) is 6.24. The highest BCUT2D eigenvalue weighted by atomic mass is 14.9. The molecule has 1 aromatic rings. The van der Waals surface area contributed by atoms with Gasteiger partial charge in [-0.1, -0.05) is 18.9 Å². The molecule has 1 aromatic heterocycles. The minimum absolute atomic E-state index is 0.349. The molecular weight excluding hydrogens is 198 g/mol. The van der Waals surface area contributed by atoms with Crippen molar-refractivity contribution in [2.24, 2.45) is 5.73 Å². The van der Waals surface area contributed by atoms with E-state index in [0.29, 0.717) is 18.5 Å².